The molecule has 0 rings (SSSR count). The molecule has 0 radical (unpaired) electrons. The van der Waals surface area contributed by atoms with Crippen molar-refractivity contribution in [3.05, 3.63) is 49.1 Å². The van der Waals surface area contributed by atoms with Crippen molar-refractivity contribution in [3.8, 4) is 0 Å². The fraction of sp³-hybridized carbons (Fsp3) is 0.500. The second-order valence-corrected chi connectivity index (χ2v) is 4.45. The Hall–Kier alpha value is -1.04. The van der Waals surface area contributed by atoms with Crippen molar-refractivity contribution >= 4 is 0 Å². The van der Waals surface area contributed by atoms with Crippen molar-refractivity contribution in [1.29, 1.82) is 0 Å². The maximum Gasteiger partial charge on any atom is 0.000162 e. The molecule has 16 heavy (non-hydrogen) atoms. The molecule has 0 amide bonds. The minimum atomic E-state index is 0.175. The van der Waals surface area contributed by atoms with Gasteiger partial charge in [-0.3, -0.25) is 0 Å². The summed E-state index contributed by atoms with van der Waals surface area (Å²) in [5.41, 5.74) is 1.62. The molecule has 0 aliphatic carbocycles. The largest absolute Gasteiger partial charge is 0.103 e. The van der Waals surface area contributed by atoms with Gasteiger partial charge in [0, 0.05) is 5.41 Å². The first-order valence-electron chi connectivity index (χ1n) is 5.97. The van der Waals surface area contributed by atoms with Crippen molar-refractivity contribution in [3.63, 3.8) is 0 Å². The summed E-state index contributed by atoms with van der Waals surface area (Å²) in [5.74, 6) is 0. The monoisotopic (exact) mass is 220 g/mol. The summed E-state index contributed by atoms with van der Waals surface area (Å²) >= 11 is 0. The van der Waals surface area contributed by atoms with Crippen LogP contribution in [0.1, 0.15) is 47.5 Å². The van der Waals surface area contributed by atoms with Gasteiger partial charge in [-0.2, -0.15) is 0 Å². The summed E-state index contributed by atoms with van der Waals surface area (Å²) in [5, 5.41) is 0. The van der Waals surface area contributed by atoms with Gasteiger partial charge in [0.05, 0.1) is 0 Å². The topological polar surface area (TPSA) is 0 Å². The number of rotatable bonds is 5. The van der Waals surface area contributed by atoms with Crippen molar-refractivity contribution in [2.75, 3.05) is 0 Å². The number of hydrogen-bond acceptors (Lipinski definition) is 0. The van der Waals surface area contributed by atoms with E-state index < -0.39 is 0 Å². The highest BCUT2D eigenvalue weighted by atomic mass is 14.1. The molecular formula is C16H28. The van der Waals surface area contributed by atoms with E-state index in [-0.39, 0.29) is 5.41 Å². The Morgan fingerprint density at radius 3 is 2.06 bits per heavy atom. The summed E-state index contributed by atoms with van der Waals surface area (Å²) in [7, 11) is 0. The lowest BCUT2D eigenvalue weighted by molar-refractivity contribution is 0.627. The zero-order valence-corrected chi connectivity index (χ0v) is 11.7. The van der Waals surface area contributed by atoms with Crippen LogP contribution in [-0.2, 0) is 0 Å². The Kier molecular flexibility index (Phi) is 11.4. The van der Waals surface area contributed by atoms with Crippen LogP contribution in [-0.4, -0.2) is 0 Å². The molecule has 0 N–H and O–H groups in total. The van der Waals surface area contributed by atoms with E-state index >= 15 is 0 Å². The lowest BCUT2D eigenvalue weighted by Gasteiger charge is -2.11. The van der Waals surface area contributed by atoms with Gasteiger partial charge in [0.1, 0.15) is 0 Å². The molecule has 0 atom stereocenters. The Balaban J connectivity index is 0. The molecule has 0 nitrogen and oxygen atoms in total. The summed E-state index contributed by atoms with van der Waals surface area (Å²) in [6.07, 6.45) is 12.4. The summed E-state index contributed by atoms with van der Waals surface area (Å²) in [6, 6.07) is 0. The third kappa shape index (κ3) is 13.0. The van der Waals surface area contributed by atoms with Crippen LogP contribution in [0.2, 0.25) is 0 Å². The molecule has 92 valence electrons. The van der Waals surface area contributed by atoms with E-state index in [1.807, 2.05) is 25.2 Å². The number of hydrogen-bond donors (Lipinski definition) is 0. The fourth-order valence-electron chi connectivity index (χ4n) is 0.926. The van der Waals surface area contributed by atoms with Gasteiger partial charge in [-0.15, -0.1) is 13.2 Å². The van der Waals surface area contributed by atoms with Crippen molar-refractivity contribution in [1.82, 2.24) is 0 Å². The predicted molar refractivity (Wildman–Crippen MR) is 77.7 cm³/mol. The van der Waals surface area contributed by atoms with E-state index in [0.29, 0.717) is 0 Å². The summed E-state index contributed by atoms with van der Waals surface area (Å²) < 4.78 is 0. The van der Waals surface area contributed by atoms with E-state index in [4.69, 9.17) is 0 Å². The molecule has 0 aliphatic rings. The molecule has 0 heteroatoms. The van der Waals surface area contributed by atoms with E-state index in [1.165, 1.54) is 5.57 Å². The first-order chi connectivity index (χ1) is 7.43. The van der Waals surface area contributed by atoms with Crippen LogP contribution in [0.4, 0.5) is 0 Å². The molecule has 0 aromatic rings. The standard InChI is InChI=1S/2C8H14/c1-5-7-8(3,4)6-2;1-4-6-7-8(3)5-2/h5-7H,2H2,1,3-4H3;4,7H,1,5-6H2,2-3H3. The molecule has 0 aliphatic heterocycles. The summed E-state index contributed by atoms with van der Waals surface area (Å²) in [4.78, 5) is 0. The molecular weight excluding hydrogens is 192 g/mol. The van der Waals surface area contributed by atoms with Crippen LogP contribution in [0.5, 0.6) is 0 Å². The van der Waals surface area contributed by atoms with Gasteiger partial charge in [0.2, 0.25) is 0 Å². The molecule has 0 saturated heterocycles. The van der Waals surface area contributed by atoms with Gasteiger partial charge < -0.3 is 0 Å². The Labute approximate surface area is 102 Å². The second-order valence-electron chi connectivity index (χ2n) is 4.45. The van der Waals surface area contributed by atoms with Crippen LogP contribution < -0.4 is 0 Å². The Morgan fingerprint density at radius 1 is 1.25 bits per heavy atom. The first-order valence-corrected chi connectivity index (χ1v) is 5.97. The highest BCUT2D eigenvalue weighted by molar-refractivity contribution is 5.03. The quantitative estimate of drug-likeness (QED) is 0.522. The minimum absolute atomic E-state index is 0.175. The molecule has 0 aromatic carbocycles. The van der Waals surface area contributed by atoms with E-state index in [1.54, 1.807) is 0 Å². The molecule has 0 fully saturated rings. The average molecular weight is 220 g/mol. The van der Waals surface area contributed by atoms with Gasteiger partial charge in [-0.05, 0) is 26.7 Å². The third-order valence-electron chi connectivity index (χ3n) is 2.31. The van der Waals surface area contributed by atoms with E-state index in [9.17, 15) is 0 Å². The first kappa shape index (κ1) is 17.4. The molecule has 0 unspecified atom stereocenters. The second kappa shape index (κ2) is 10.5. The molecule has 0 bridgehead atoms. The minimum Gasteiger partial charge on any atom is -0.103 e. The molecule has 0 saturated carbocycles. The predicted octanol–water partition coefficient (Wildman–Crippen LogP) is 5.69. The summed E-state index contributed by atoms with van der Waals surface area (Å²) in [6.45, 7) is 17.9. The van der Waals surface area contributed by atoms with Crippen molar-refractivity contribution in [2.45, 2.75) is 47.5 Å². The zero-order chi connectivity index (χ0) is 13.0. The molecule has 0 spiro atoms. The normalized spacial score (nSPS) is 11.9. The van der Waals surface area contributed by atoms with Gasteiger partial charge in [-0.25, -0.2) is 0 Å². The van der Waals surface area contributed by atoms with Crippen LogP contribution in [0.3, 0.4) is 0 Å². The highest BCUT2D eigenvalue weighted by Crippen LogP contribution is 2.16. The van der Waals surface area contributed by atoms with Crippen LogP contribution in [0.15, 0.2) is 49.1 Å². The Morgan fingerprint density at radius 2 is 1.81 bits per heavy atom. The van der Waals surface area contributed by atoms with Crippen LogP contribution in [0.25, 0.3) is 0 Å². The lowest BCUT2D eigenvalue weighted by atomic mass is 9.94. The van der Waals surface area contributed by atoms with Crippen LogP contribution >= 0.6 is 0 Å². The molecule has 0 heterocycles. The fourth-order valence-corrected chi connectivity index (χ4v) is 0.926. The van der Waals surface area contributed by atoms with E-state index in [2.05, 4.69) is 53.0 Å². The zero-order valence-electron chi connectivity index (χ0n) is 11.7. The van der Waals surface area contributed by atoms with E-state index in [0.717, 1.165) is 12.8 Å². The van der Waals surface area contributed by atoms with Gasteiger partial charge in [0.15, 0.2) is 0 Å². The third-order valence-corrected chi connectivity index (χ3v) is 2.31. The maximum absolute atomic E-state index is 3.70. The van der Waals surface area contributed by atoms with Crippen molar-refractivity contribution in [2.24, 2.45) is 5.41 Å². The molecule has 0 aromatic heterocycles. The SMILES string of the molecule is C=CC(C)(C)C=CC.C=CCC=C(C)CC. The van der Waals surface area contributed by atoms with Gasteiger partial charge >= 0.3 is 0 Å². The Bertz CT molecular complexity index is 239. The smallest absolute Gasteiger partial charge is 0.000162 e. The van der Waals surface area contributed by atoms with Crippen molar-refractivity contribution < 1.29 is 0 Å². The number of allylic oxidation sites excluding steroid dienone is 6. The van der Waals surface area contributed by atoms with Gasteiger partial charge in [0.25, 0.3) is 0 Å². The average Bonchev–Trinajstić information content (AvgIpc) is 2.26. The lowest BCUT2D eigenvalue weighted by Crippen LogP contribution is -1.99. The van der Waals surface area contributed by atoms with Gasteiger partial charge in [-0.1, -0.05) is 56.7 Å². The maximum atomic E-state index is 3.70. The van der Waals surface area contributed by atoms with Crippen LogP contribution in [0, 0.1) is 5.41 Å². The highest BCUT2D eigenvalue weighted by Gasteiger charge is 2.04.